The molecule has 1 saturated heterocycles. The summed E-state index contributed by atoms with van der Waals surface area (Å²) in [6.07, 6.45) is 0.855. The minimum absolute atomic E-state index is 0.0726. The lowest BCUT2D eigenvalue weighted by atomic mass is 10.0. The quantitative estimate of drug-likeness (QED) is 0.597. The van der Waals surface area contributed by atoms with Crippen molar-refractivity contribution in [3.05, 3.63) is 39.4 Å². The van der Waals surface area contributed by atoms with Crippen molar-refractivity contribution in [2.24, 2.45) is 11.4 Å². The molecule has 0 radical (unpaired) electrons. The van der Waals surface area contributed by atoms with Crippen LogP contribution >= 0.6 is 0 Å². The van der Waals surface area contributed by atoms with Crippen LogP contribution in [0.15, 0.2) is 21.3 Å². The SMILES string of the molecule is C/C(=N/[S@+]([O-])C(C)(C)C)c1cc(C)cc2c(=O)n(C)c(C3CCOC3)nc12. The smallest absolute Gasteiger partial charge is 0.261 e. The fourth-order valence-corrected chi connectivity index (χ4v) is 3.85. The Morgan fingerprint density at radius 3 is 2.70 bits per heavy atom. The summed E-state index contributed by atoms with van der Waals surface area (Å²) in [7, 11) is 1.76. The van der Waals surface area contributed by atoms with Crippen LogP contribution in [0.2, 0.25) is 0 Å². The molecule has 1 aliphatic heterocycles. The lowest BCUT2D eigenvalue weighted by Crippen LogP contribution is -2.27. The molecule has 2 heterocycles. The van der Waals surface area contributed by atoms with E-state index in [1.165, 1.54) is 0 Å². The zero-order valence-corrected chi connectivity index (χ0v) is 17.6. The van der Waals surface area contributed by atoms with E-state index in [1.54, 1.807) is 11.6 Å². The third-order valence-electron chi connectivity index (χ3n) is 4.79. The van der Waals surface area contributed by atoms with E-state index in [1.807, 2.05) is 46.8 Å². The first kappa shape index (κ1) is 20.0. The molecule has 3 rings (SSSR count). The van der Waals surface area contributed by atoms with Crippen LogP contribution in [0.5, 0.6) is 0 Å². The maximum atomic E-state index is 13.0. The van der Waals surface area contributed by atoms with E-state index >= 15 is 0 Å². The molecule has 1 fully saturated rings. The highest BCUT2D eigenvalue weighted by atomic mass is 32.2. The van der Waals surface area contributed by atoms with Gasteiger partial charge >= 0.3 is 0 Å². The van der Waals surface area contributed by atoms with Gasteiger partial charge in [-0.3, -0.25) is 9.36 Å². The molecule has 2 aromatic rings. The zero-order chi connectivity index (χ0) is 19.9. The zero-order valence-electron chi connectivity index (χ0n) is 16.8. The average Bonchev–Trinajstić information content (AvgIpc) is 3.11. The third-order valence-corrected chi connectivity index (χ3v) is 6.28. The van der Waals surface area contributed by atoms with E-state index in [0.29, 0.717) is 29.8 Å². The van der Waals surface area contributed by atoms with Gasteiger partial charge in [0.05, 0.1) is 23.2 Å². The van der Waals surface area contributed by atoms with Gasteiger partial charge in [0, 0.05) is 25.1 Å². The topological polar surface area (TPSA) is 79.5 Å². The lowest BCUT2D eigenvalue weighted by molar-refractivity contribution is 0.192. The van der Waals surface area contributed by atoms with Crippen molar-refractivity contribution in [2.75, 3.05) is 13.2 Å². The van der Waals surface area contributed by atoms with Crippen molar-refractivity contribution in [2.45, 2.75) is 51.7 Å². The molecule has 0 bridgehead atoms. The first-order chi connectivity index (χ1) is 12.6. The minimum Gasteiger partial charge on any atom is -0.591 e. The van der Waals surface area contributed by atoms with Crippen LogP contribution in [0.1, 0.15) is 57.0 Å². The Labute approximate surface area is 163 Å². The highest BCUT2D eigenvalue weighted by molar-refractivity contribution is 7.91. The van der Waals surface area contributed by atoms with Crippen molar-refractivity contribution in [3.8, 4) is 0 Å². The van der Waals surface area contributed by atoms with Gasteiger partial charge in [-0.25, -0.2) is 4.98 Å². The molecule has 1 unspecified atom stereocenters. The van der Waals surface area contributed by atoms with Crippen molar-refractivity contribution in [1.29, 1.82) is 0 Å². The number of rotatable bonds is 3. The number of aromatic nitrogens is 2. The molecule has 7 heteroatoms. The van der Waals surface area contributed by atoms with Crippen molar-refractivity contribution in [3.63, 3.8) is 0 Å². The maximum absolute atomic E-state index is 13.0. The van der Waals surface area contributed by atoms with Gasteiger partial charge in [0.2, 0.25) is 0 Å². The Kier molecular flexibility index (Phi) is 5.47. The second-order valence-electron chi connectivity index (χ2n) is 8.14. The second kappa shape index (κ2) is 7.37. The summed E-state index contributed by atoms with van der Waals surface area (Å²) in [4.78, 5) is 17.8. The average molecular weight is 390 g/mol. The Morgan fingerprint density at radius 2 is 2.11 bits per heavy atom. The summed E-state index contributed by atoms with van der Waals surface area (Å²) in [6, 6.07) is 3.82. The van der Waals surface area contributed by atoms with Crippen LogP contribution in [-0.2, 0) is 23.1 Å². The van der Waals surface area contributed by atoms with Gasteiger partial charge in [-0.05, 0) is 58.7 Å². The number of benzene rings is 1. The molecule has 0 spiro atoms. The Balaban J connectivity index is 2.23. The molecule has 2 atom stereocenters. The number of aryl methyl sites for hydroxylation is 1. The minimum atomic E-state index is -1.38. The van der Waals surface area contributed by atoms with E-state index in [-0.39, 0.29) is 11.5 Å². The summed E-state index contributed by atoms with van der Waals surface area (Å²) < 4.78 is 23.6. The number of ether oxygens (including phenoxy) is 1. The first-order valence-corrected chi connectivity index (χ1v) is 10.3. The number of hydrogen-bond acceptors (Lipinski definition) is 5. The normalized spacial score (nSPS) is 19.7. The van der Waals surface area contributed by atoms with Gasteiger partial charge in [0.15, 0.2) is 0 Å². The van der Waals surface area contributed by atoms with Gasteiger partial charge in [-0.15, -0.1) is 0 Å². The lowest BCUT2D eigenvalue weighted by Gasteiger charge is -2.19. The summed E-state index contributed by atoms with van der Waals surface area (Å²) >= 11 is -1.38. The van der Waals surface area contributed by atoms with Gasteiger partial charge < -0.3 is 9.29 Å². The number of nitrogens with zero attached hydrogens (tertiary/aromatic N) is 3. The van der Waals surface area contributed by atoms with E-state index < -0.39 is 16.1 Å². The first-order valence-electron chi connectivity index (χ1n) is 9.16. The van der Waals surface area contributed by atoms with Crippen LogP contribution in [0, 0.1) is 6.92 Å². The summed E-state index contributed by atoms with van der Waals surface area (Å²) in [5.41, 5.74) is 2.89. The van der Waals surface area contributed by atoms with Crippen molar-refractivity contribution >= 4 is 28.0 Å². The number of hydrogen-bond donors (Lipinski definition) is 0. The fraction of sp³-hybridized carbons (Fsp3) is 0.550. The number of fused-ring (bicyclic) bond motifs is 1. The van der Waals surface area contributed by atoms with Crippen LogP contribution in [-0.4, -0.2) is 37.8 Å². The predicted octanol–water partition coefficient (Wildman–Crippen LogP) is 3.02. The largest absolute Gasteiger partial charge is 0.591 e. The van der Waals surface area contributed by atoms with E-state index in [0.717, 1.165) is 23.4 Å². The van der Waals surface area contributed by atoms with Crippen LogP contribution < -0.4 is 5.56 Å². The highest BCUT2D eigenvalue weighted by Crippen LogP contribution is 2.26. The molecule has 146 valence electrons. The molecule has 0 N–H and O–H groups in total. The molecule has 0 aliphatic carbocycles. The molecule has 1 aromatic carbocycles. The van der Waals surface area contributed by atoms with E-state index in [9.17, 15) is 9.35 Å². The summed E-state index contributed by atoms with van der Waals surface area (Å²) in [6.45, 7) is 10.7. The standard InChI is InChI=1S/C20H27N3O3S/c1-12-9-15(13(2)22-27(25)20(3,4)5)17-16(10-12)19(24)23(6)18(21-17)14-7-8-26-11-14/h9-10,14H,7-8,11H2,1-6H3/b22-13-/t14?,27-/m1/s1. The Bertz CT molecular complexity index is 954. The molecular formula is C20H27N3O3S. The fourth-order valence-electron chi connectivity index (χ4n) is 3.23. The monoisotopic (exact) mass is 389 g/mol. The molecule has 0 saturated carbocycles. The van der Waals surface area contributed by atoms with E-state index in [2.05, 4.69) is 4.40 Å². The molecule has 1 aliphatic rings. The molecule has 27 heavy (non-hydrogen) atoms. The van der Waals surface area contributed by atoms with Crippen molar-refractivity contribution in [1.82, 2.24) is 9.55 Å². The van der Waals surface area contributed by atoms with Crippen LogP contribution in [0.3, 0.4) is 0 Å². The van der Waals surface area contributed by atoms with Crippen molar-refractivity contribution < 1.29 is 9.29 Å². The van der Waals surface area contributed by atoms with Gasteiger partial charge in [-0.1, -0.05) is 4.40 Å². The predicted molar refractivity (Wildman–Crippen MR) is 110 cm³/mol. The highest BCUT2D eigenvalue weighted by Gasteiger charge is 2.28. The van der Waals surface area contributed by atoms with Crippen LogP contribution in [0.4, 0.5) is 0 Å². The molecule has 0 amide bonds. The second-order valence-corrected chi connectivity index (χ2v) is 10.0. The molecule has 1 aromatic heterocycles. The summed E-state index contributed by atoms with van der Waals surface area (Å²) in [5.74, 6) is 0.849. The van der Waals surface area contributed by atoms with Gasteiger partial charge in [-0.2, -0.15) is 0 Å². The Morgan fingerprint density at radius 1 is 1.41 bits per heavy atom. The Hall–Kier alpha value is -1.70. The molecular weight excluding hydrogens is 362 g/mol. The van der Waals surface area contributed by atoms with Gasteiger partial charge in [0.25, 0.3) is 5.56 Å². The molecule has 6 nitrogen and oxygen atoms in total. The third kappa shape index (κ3) is 3.95. The van der Waals surface area contributed by atoms with Gasteiger partial charge in [0.1, 0.15) is 21.9 Å². The van der Waals surface area contributed by atoms with Crippen LogP contribution in [0.25, 0.3) is 10.9 Å². The van der Waals surface area contributed by atoms with E-state index in [4.69, 9.17) is 9.72 Å². The maximum Gasteiger partial charge on any atom is 0.261 e. The summed E-state index contributed by atoms with van der Waals surface area (Å²) in [5, 5.41) is 0.561.